The summed E-state index contributed by atoms with van der Waals surface area (Å²) in [6, 6.07) is 15.8. The monoisotopic (exact) mass is 285 g/mol. The maximum absolute atomic E-state index is 5.75. The molecule has 0 unspecified atom stereocenters. The fourth-order valence-corrected chi connectivity index (χ4v) is 2.23. The minimum Gasteiger partial charge on any atom is -0.497 e. The first-order valence-electron chi connectivity index (χ1n) is 6.13. The molecule has 4 heteroatoms. The Hall–Kier alpha value is -2.26. The largest absolute Gasteiger partial charge is 0.497 e. The molecule has 0 saturated carbocycles. The molecule has 0 aliphatic carbocycles. The molecule has 3 nitrogen and oxygen atoms in total. The van der Waals surface area contributed by atoms with Crippen molar-refractivity contribution < 1.29 is 9.15 Å². The molecule has 0 saturated heterocycles. The van der Waals surface area contributed by atoms with Crippen LogP contribution in [-0.2, 0) is 0 Å². The number of benzene rings is 2. The Kier molecular flexibility index (Phi) is 3.44. The standard InChI is InChI=1S/C16H12ClNO2/c1-19-12-8-6-11(7-9-12)13-4-2-3-5-14(13)15-10-18-16(17)20-15/h2-10H,1H3. The predicted molar refractivity (Wildman–Crippen MR) is 78.9 cm³/mol. The number of rotatable bonds is 3. The molecular formula is C16H12ClNO2. The molecule has 0 bridgehead atoms. The molecule has 1 heterocycles. The molecule has 0 N–H and O–H groups in total. The van der Waals surface area contributed by atoms with Crippen LogP contribution in [0, 0.1) is 0 Å². The van der Waals surface area contributed by atoms with Gasteiger partial charge in [-0.1, -0.05) is 36.4 Å². The Morgan fingerprint density at radius 2 is 1.70 bits per heavy atom. The van der Waals surface area contributed by atoms with Crippen LogP contribution in [0.4, 0.5) is 0 Å². The smallest absolute Gasteiger partial charge is 0.292 e. The van der Waals surface area contributed by atoms with Gasteiger partial charge in [-0.15, -0.1) is 0 Å². The summed E-state index contributed by atoms with van der Waals surface area (Å²) < 4.78 is 10.6. The summed E-state index contributed by atoms with van der Waals surface area (Å²) in [5.41, 5.74) is 3.09. The number of aromatic nitrogens is 1. The van der Waals surface area contributed by atoms with Gasteiger partial charge in [0.1, 0.15) is 5.75 Å². The highest BCUT2D eigenvalue weighted by atomic mass is 35.5. The number of halogens is 1. The summed E-state index contributed by atoms with van der Waals surface area (Å²) in [6.45, 7) is 0. The summed E-state index contributed by atoms with van der Waals surface area (Å²) in [5, 5.41) is 0.143. The van der Waals surface area contributed by atoms with E-state index in [1.54, 1.807) is 13.3 Å². The lowest BCUT2D eigenvalue weighted by molar-refractivity contribution is 0.415. The maximum atomic E-state index is 5.75. The average Bonchev–Trinajstić information content (AvgIpc) is 2.94. The van der Waals surface area contributed by atoms with Crippen LogP contribution in [0.3, 0.4) is 0 Å². The molecule has 0 aliphatic rings. The predicted octanol–water partition coefficient (Wildman–Crippen LogP) is 4.67. The maximum Gasteiger partial charge on any atom is 0.292 e. The van der Waals surface area contributed by atoms with Crippen LogP contribution < -0.4 is 4.74 Å². The van der Waals surface area contributed by atoms with Crippen molar-refractivity contribution in [3.05, 3.63) is 60.1 Å². The van der Waals surface area contributed by atoms with E-state index in [9.17, 15) is 0 Å². The SMILES string of the molecule is COc1ccc(-c2ccccc2-c2cnc(Cl)o2)cc1. The van der Waals surface area contributed by atoms with Gasteiger partial charge in [0.05, 0.1) is 13.3 Å². The van der Waals surface area contributed by atoms with Crippen LogP contribution in [0.1, 0.15) is 0 Å². The van der Waals surface area contributed by atoms with Gasteiger partial charge in [0.15, 0.2) is 5.76 Å². The highest BCUT2D eigenvalue weighted by Crippen LogP contribution is 2.33. The van der Waals surface area contributed by atoms with E-state index >= 15 is 0 Å². The number of methoxy groups -OCH3 is 1. The van der Waals surface area contributed by atoms with Gasteiger partial charge in [0, 0.05) is 5.56 Å². The number of hydrogen-bond donors (Lipinski definition) is 0. The Balaban J connectivity index is 2.09. The van der Waals surface area contributed by atoms with Crippen LogP contribution in [0.25, 0.3) is 22.5 Å². The molecular weight excluding hydrogens is 274 g/mol. The van der Waals surface area contributed by atoms with E-state index in [4.69, 9.17) is 20.8 Å². The van der Waals surface area contributed by atoms with Crippen molar-refractivity contribution in [2.75, 3.05) is 7.11 Å². The van der Waals surface area contributed by atoms with Gasteiger partial charge in [-0.3, -0.25) is 0 Å². The van der Waals surface area contributed by atoms with Crippen molar-refractivity contribution in [1.82, 2.24) is 4.98 Å². The zero-order chi connectivity index (χ0) is 13.9. The van der Waals surface area contributed by atoms with Crippen molar-refractivity contribution in [3.63, 3.8) is 0 Å². The minimum atomic E-state index is 0.143. The molecule has 0 aliphatic heterocycles. The number of nitrogens with zero attached hydrogens (tertiary/aromatic N) is 1. The summed E-state index contributed by atoms with van der Waals surface area (Å²) in [4.78, 5) is 3.93. The van der Waals surface area contributed by atoms with Crippen LogP contribution in [0.5, 0.6) is 5.75 Å². The molecule has 2 aromatic carbocycles. The fourth-order valence-electron chi connectivity index (χ4n) is 2.10. The van der Waals surface area contributed by atoms with Crippen LogP contribution in [0.15, 0.2) is 59.1 Å². The van der Waals surface area contributed by atoms with Crippen LogP contribution in [-0.4, -0.2) is 12.1 Å². The highest BCUT2D eigenvalue weighted by Gasteiger charge is 2.11. The van der Waals surface area contributed by atoms with Gasteiger partial charge in [-0.25, -0.2) is 4.98 Å². The van der Waals surface area contributed by atoms with Gasteiger partial charge >= 0.3 is 0 Å². The molecule has 0 amide bonds. The van der Waals surface area contributed by atoms with Crippen LogP contribution >= 0.6 is 11.6 Å². The third-order valence-electron chi connectivity index (χ3n) is 3.07. The molecule has 3 rings (SSSR count). The van der Waals surface area contributed by atoms with Gasteiger partial charge in [0.25, 0.3) is 5.35 Å². The minimum absolute atomic E-state index is 0.143. The summed E-state index contributed by atoms with van der Waals surface area (Å²) in [6.07, 6.45) is 1.63. The number of hydrogen-bond acceptors (Lipinski definition) is 3. The lowest BCUT2D eigenvalue weighted by atomic mass is 9.98. The van der Waals surface area contributed by atoms with Gasteiger partial charge in [-0.05, 0) is 34.9 Å². The second kappa shape index (κ2) is 5.39. The third kappa shape index (κ3) is 2.40. The molecule has 0 spiro atoms. The Morgan fingerprint density at radius 1 is 1.00 bits per heavy atom. The Labute approximate surface area is 121 Å². The van der Waals surface area contributed by atoms with Crippen molar-refractivity contribution in [2.45, 2.75) is 0 Å². The van der Waals surface area contributed by atoms with E-state index in [2.05, 4.69) is 4.98 Å². The topological polar surface area (TPSA) is 35.3 Å². The summed E-state index contributed by atoms with van der Waals surface area (Å²) in [7, 11) is 1.65. The lowest BCUT2D eigenvalue weighted by Gasteiger charge is -2.08. The van der Waals surface area contributed by atoms with Gasteiger partial charge < -0.3 is 9.15 Å². The Bertz CT molecular complexity index is 719. The average molecular weight is 286 g/mol. The van der Waals surface area contributed by atoms with Crippen LogP contribution in [0.2, 0.25) is 5.35 Å². The summed E-state index contributed by atoms with van der Waals surface area (Å²) >= 11 is 5.75. The first kappa shape index (κ1) is 12.8. The van der Waals surface area contributed by atoms with Crippen molar-refractivity contribution in [2.24, 2.45) is 0 Å². The normalized spacial score (nSPS) is 10.5. The number of ether oxygens (including phenoxy) is 1. The first-order valence-corrected chi connectivity index (χ1v) is 6.51. The molecule has 0 radical (unpaired) electrons. The molecule has 0 atom stereocenters. The zero-order valence-electron chi connectivity index (χ0n) is 10.8. The quantitative estimate of drug-likeness (QED) is 0.701. The molecule has 100 valence electrons. The highest BCUT2D eigenvalue weighted by molar-refractivity contribution is 6.27. The fraction of sp³-hybridized carbons (Fsp3) is 0.0625. The van der Waals surface area contributed by atoms with E-state index in [1.165, 1.54) is 0 Å². The zero-order valence-corrected chi connectivity index (χ0v) is 11.6. The second-order valence-electron chi connectivity index (χ2n) is 4.25. The second-order valence-corrected chi connectivity index (χ2v) is 4.57. The van der Waals surface area contributed by atoms with E-state index in [0.29, 0.717) is 5.76 Å². The van der Waals surface area contributed by atoms with Gasteiger partial charge in [-0.2, -0.15) is 0 Å². The number of oxazole rings is 1. The molecule has 1 aromatic heterocycles. The van der Waals surface area contributed by atoms with Crippen molar-refractivity contribution in [3.8, 4) is 28.2 Å². The first-order chi connectivity index (χ1) is 9.78. The van der Waals surface area contributed by atoms with E-state index in [0.717, 1.165) is 22.4 Å². The van der Waals surface area contributed by atoms with E-state index < -0.39 is 0 Å². The molecule has 3 aromatic rings. The molecule has 0 fully saturated rings. The van der Waals surface area contributed by atoms with Gasteiger partial charge in [0.2, 0.25) is 0 Å². The van der Waals surface area contributed by atoms with E-state index in [1.807, 2.05) is 48.5 Å². The Morgan fingerprint density at radius 3 is 2.30 bits per heavy atom. The third-order valence-corrected chi connectivity index (χ3v) is 3.25. The van der Waals surface area contributed by atoms with Crippen molar-refractivity contribution >= 4 is 11.6 Å². The summed E-state index contributed by atoms with van der Waals surface area (Å²) in [5.74, 6) is 1.48. The van der Waals surface area contributed by atoms with E-state index in [-0.39, 0.29) is 5.35 Å². The lowest BCUT2D eigenvalue weighted by Crippen LogP contribution is -1.85. The molecule has 20 heavy (non-hydrogen) atoms. The van der Waals surface area contributed by atoms with Crippen molar-refractivity contribution in [1.29, 1.82) is 0 Å².